The van der Waals surface area contributed by atoms with Crippen molar-refractivity contribution in [2.24, 2.45) is 5.73 Å². The summed E-state index contributed by atoms with van der Waals surface area (Å²) in [5, 5.41) is 0. The normalized spacial score (nSPS) is 10.4. The number of halogens is 1. The standard InChI is InChI=1S/C15H21FN2O/c1-3-19-10-9-18(2)12-13-6-7-15(16)14(11-13)5-4-8-17/h6-7,11H,3,8-10,12,17H2,1-2H3. The Morgan fingerprint density at radius 1 is 1.42 bits per heavy atom. The van der Waals surface area contributed by atoms with Gasteiger partial charge in [-0.3, -0.25) is 4.90 Å². The van der Waals surface area contributed by atoms with Crippen molar-refractivity contribution >= 4 is 0 Å². The fourth-order valence-electron chi connectivity index (χ4n) is 1.67. The minimum atomic E-state index is -0.304. The molecule has 0 radical (unpaired) electrons. The molecule has 0 saturated heterocycles. The zero-order valence-electron chi connectivity index (χ0n) is 11.6. The van der Waals surface area contributed by atoms with Crippen molar-refractivity contribution in [3.63, 3.8) is 0 Å². The van der Waals surface area contributed by atoms with Gasteiger partial charge in [-0.15, -0.1) is 0 Å². The lowest BCUT2D eigenvalue weighted by Gasteiger charge is -2.16. The van der Waals surface area contributed by atoms with Gasteiger partial charge in [0.05, 0.1) is 18.7 Å². The zero-order valence-corrected chi connectivity index (χ0v) is 11.6. The molecule has 0 unspecified atom stereocenters. The molecule has 0 aliphatic heterocycles. The molecule has 0 saturated carbocycles. The number of likely N-dealkylation sites (N-methyl/N-ethyl adjacent to an activating group) is 1. The molecule has 0 aliphatic carbocycles. The van der Waals surface area contributed by atoms with E-state index >= 15 is 0 Å². The Kier molecular flexibility index (Phi) is 7.12. The fraction of sp³-hybridized carbons (Fsp3) is 0.467. The molecule has 1 aromatic rings. The van der Waals surface area contributed by atoms with Gasteiger partial charge in [0.2, 0.25) is 0 Å². The molecule has 0 spiro atoms. The quantitative estimate of drug-likeness (QED) is 0.626. The molecule has 1 rings (SSSR count). The average Bonchev–Trinajstić information content (AvgIpc) is 2.39. The van der Waals surface area contributed by atoms with E-state index in [2.05, 4.69) is 16.7 Å². The highest BCUT2D eigenvalue weighted by molar-refractivity contribution is 5.38. The van der Waals surface area contributed by atoms with Crippen LogP contribution in [0.3, 0.4) is 0 Å². The molecule has 4 heteroatoms. The van der Waals surface area contributed by atoms with Crippen LogP contribution in [-0.4, -0.2) is 38.3 Å². The molecule has 3 nitrogen and oxygen atoms in total. The van der Waals surface area contributed by atoms with E-state index in [1.807, 2.05) is 14.0 Å². The molecule has 0 bridgehead atoms. The third-order valence-corrected chi connectivity index (χ3v) is 2.63. The summed E-state index contributed by atoms with van der Waals surface area (Å²) in [7, 11) is 2.01. The van der Waals surface area contributed by atoms with Gasteiger partial charge in [-0.2, -0.15) is 0 Å². The molecule has 1 aromatic carbocycles. The summed E-state index contributed by atoms with van der Waals surface area (Å²) in [6, 6.07) is 5.00. The van der Waals surface area contributed by atoms with Gasteiger partial charge < -0.3 is 10.5 Å². The van der Waals surface area contributed by atoms with E-state index in [9.17, 15) is 4.39 Å². The maximum atomic E-state index is 13.5. The Balaban J connectivity index is 2.63. The van der Waals surface area contributed by atoms with Gasteiger partial charge in [0, 0.05) is 19.7 Å². The molecule has 19 heavy (non-hydrogen) atoms. The molecular formula is C15H21FN2O. The minimum absolute atomic E-state index is 0.234. The highest BCUT2D eigenvalue weighted by Crippen LogP contribution is 2.11. The third-order valence-electron chi connectivity index (χ3n) is 2.63. The molecule has 0 heterocycles. The van der Waals surface area contributed by atoms with E-state index in [0.717, 1.165) is 25.3 Å². The Morgan fingerprint density at radius 2 is 2.21 bits per heavy atom. The van der Waals surface area contributed by atoms with Crippen molar-refractivity contribution in [2.45, 2.75) is 13.5 Å². The van der Waals surface area contributed by atoms with Crippen molar-refractivity contribution in [3.05, 3.63) is 35.1 Å². The van der Waals surface area contributed by atoms with E-state index in [1.54, 1.807) is 12.1 Å². The number of hydrogen-bond donors (Lipinski definition) is 1. The first-order chi connectivity index (χ1) is 9.17. The lowest BCUT2D eigenvalue weighted by Crippen LogP contribution is -2.22. The van der Waals surface area contributed by atoms with E-state index < -0.39 is 0 Å². The van der Waals surface area contributed by atoms with Crippen LogP contribution in [0.4, 0.5) is 4.39 Å². The third kappa shape index (κ3) is 5.84. The maximum absolute atomic E-state index is 13.5. The SMILES string of the molecule is CCOCCN(C)Cc1ccc(F)c(C#CCN)c1. The second-order valence-electron chi connectivity index (χ2n) is 4.25. The smallest absolute Gasteiger partial charge is 0.138 e. The van der Waals surface area contributed by atoms with Gasteiger partial charge in [0.25, 0.3) is 0 Å². The molecule has 0 amide bonds. The lowest BCUT2D eigenvalue weighted by molar-refractivity contribution is 0.120. The largest absolute Gasteiger partial charge is 0.380 e. The Bertz CT molecular complexity index is 451. The summed E-state index contributed by atoms with van der Waals surface area (Å²) in [4.78, 5) is 2.13. The van der Waals surface area contributed by atoms with E-state index in [-0.39, 0.29) is 12.4 Å². The minimum Gasteiger partial charge on any atom is -0.380 e. The van der Waals surface area contributed by atoms with Crippen LogP contribution in [-0.2, 0) is 11.3 Å². The number of nitrogens with two attached hydrogens (primary N) is 1. The predicted molar refractivity (Wildman–Crippen MR) is 75.2 cm³/mol. The van der Waals surface area contributed by atoms with Crippen LogP contribution in [0.5, 0.6) is 0 Å². The first kappa shape index (κ1) is 15.6. The van der Waals surface area contributed by atoms with Gasteiger partial charge >= 0.3 is 0 Å². The molecule has 0 fully saturated rings. The van der Waals surface area contributed by atoms with Crippen LogP contribution < -0.4 is 5.73 Å². The van der Waals surface area contributed by atoms with Gasteiger partial charge in [-0.05, 0) is 31.7 Å². The van der Waals surface area contributed by atoms with Crippen LogP contribution in [0, 0.1) is 17.7 Å². The van der Waals surface area contributed by atoms with Crippen LogP contribution in [0.2, 0.25) is 0 Å². The summed E-state index contributed by atoms with van der Waals surface area (Å²) in [5.41, 5.74) is 6.73. The Morgan fingerprint density at radius 3 is 2.89 bits per heavy atom. The van der Waals surface area contributed by atoms with Crippen LogP contribution in [0.25, 0.3) is 0 Å². The molecule has 0 atom stereocenters. The van der Waals surface area contributed by atoms with Crippen LogP contribution >= 0.6 is 0 Å². The van der Waals surface area contributed by atoms with Gasteiger partial charge in [-0.25, -0.2) is 4.39 Å². The summed E-state index contributed by atoms with van der Waals surface area (Å²) < 4.78 is 18.8. The first-order valence-corrected chi connectivity index (χ1v) is 6.41. The second kappa shape index (κ2) is 8.65. The van der Waals surface area contributed by atoms with Gasteiger partial charge in [0.1, 0.15) is 5.82 Å². The number of rotatable bonds is 6. The number of ether oxygens (including phenoxy) is 1. The Labute approximate surface area is 114 Å². The van der Waals surface area contributed by atoms with Crippen molar-refractivity contribution in [3.8, 4) is 11.8 Å². The summed E-state index contributed by atoms with van der Waals surface area (Å²) in [5.74, 6) is 5.11. The highest BCUT2D eigenvalue weighted by atomic mass is 19.1. The maximum Gasteiger partial charge on any atom is 0.138 e. The zero-order chi connectivity index (χ0) is 14.1. The topological polar surface area (TPSA) is 38.5 Å². The molecule has 104 valence electrons. The van der Waals surface area contributed by atoms with E-state index in [4.69, 9.17) is 10.5 Å². The summed E-state index contributed by atoms with van der Waals surface area (Å²) >= 11 is 0. The van der Waals surface area contributed by atoms with Crippen LogP contribution in [0.15, 0.2) is 18.2 Å². The summed E-state index contributed by atoms with van der Waals surface area (Å²) in [6.45, 7) is 5.22. The molecular weight excluding hydrogens is 243 g/mol. The van der Waals surface area contributed by atoms with E-state index in [0.29, 0.717) is 12.2 Å². The van der Waals surface area contributed by atoms with Crippen molar-refractivity contribution in [1.29, 1.82) is 0 Å². The van der Waals surface area contributed by atoms with Crippen molar-refractivity contribution < 1.29 is 9.13 Å². The lowest BCUT2D eigenvalue weighted by atomic mass is 10.1. The fourth-order valence-corrected chi connectivity index (χ4v) is 1.67. The average molecular weight is 264 g/mol. The summed E-state index contributed by atoms with van der Waals surface area (Å²) in [6.07, 6.45) is 0. The van der Waals surface area contributed by atoms with Gasteiger partial charge in [0.15, 0.2) is 0 Å². The molecule has 0 aromatic heterocycles. The van der Waals surface area contributed by atoms with E-state index in [1.165, 1.54) is 6.07 Å². The van der Waals surface area contributed by atoms with Crippen molar-refractivity contribution in [2.75, 3.05) is 33.4 Å². The number of benzene rings is 1. The Hall–Kier alpha value is -1.41. The number of hydrogen-bond acceptors (Lipinski definition) is 3. The van der Waals surface area contributed by atoms with Crippen LogP contribution in [0.1, 0.15) is 18.1 Å². The number of nitrogens with zero attached hydrogens (tertiary/aromatic N) is 1. The predicted octanol–water partition coefficient (Wildman–Crippen LogP) is 1.60. The monoisotopic (exact) mass is 264 g/mol. The van der Waals surface area contributed by atoms with Gasteiger partial charge in [-0.1, -0.05) is 17.9 Å². The molecule has 2 N–H and O–H groups in total. The molecule has 0 aliphatic rings. The van der Waals surface area contributed by atoms with Crippen molar-refractivity contribution in [1.82, 2.24) is 4.90 Å². The first-order valence-electron chi connectivity index (χ1n) is 6.41. The highest BCUT2D eigenvalue weighted by Gasteiger charge is 2.04. The second-order valence-corrected chi connectivity index (χ2v) is 4.25.